The third-order valence-corrected chi connectivity index (χ3v) is 4.34. The first-order valence-electron chi connectivity index (χ1n) is 10.3. The van der Waals surface area contributed by atoms with Crippen LogP contribution in [0.1, 0.15) is 46.5 Å². The third-order valence-electron chi connectivity index (χ3n) is 4.34. The number of nitrogens with two attached hydrogens (primary N) is 3. The lowest BCUT2D eigenvalue weighted by molar-refractivity contribution is -0.141. The van der Waals surface area contributed by atoms with Gasteiger partial charge >= 0.3 is 17.9 Å². The summed E-state index contributed by atoms with van der Waals surface area (Å²) in [5.74, 6) is -3.28. The number of rotatable bonds is 14. The van der Waals surface area contributed by atoms with Crippen LogP contribution in [0.2, 0.25) is 0 Å². The normalized spacial score (nSPS) is 14.8. The first-order chi connectivity index (χ1) is 14.8. The van der Waals surface area contributed by atoms with Crippen molar-refractivity contribution >= 4 is 23.8 Å². The highest BCUT2D eigenvalue weighted by molar-refractivity contribution is 5.83. The Morgan fingerprint density at radius 1 is 0.969 bits per heavy atom. The molecule has 0 aromatic heterocycles. The lowest BCUT2D eigenvalue weighted by Gasteiger charge is -2.16. The molecule has 0 fully saturated rings. The SMILES string of the molecule is CCN[C@@H](CC(N)=O)C(=O)O.CC[C@H](C)[C@H](NC)C(=O)O.NC[C@H](O)CC[C@H](N)C(=O)O. The molecule has 13 nitrogen and oxygen atoms in total. The minimum absolute atomic E-state index is 0.145. The summed E-state index contributed by atoms with van der Waals surface area (Å²) in [6.07, 6.45) is 0.680. The molecule has 0 saturated carbocycles. The van der Waals surface area contributed by atoms with Crippen molar-refractivity contribution in [3.8, 4) is 0 Å². The smallest absolute Gasteiger partial charge is 0.321 e. The molecule has 0 aliphatic carbocycles. The highest BCUT2D eigenvalue weighted by Crippen LogP contribution is 2.06. The van der Waals surface area contributed by atoms with Gasteiger partial charge in [0.2, 0.25) is 5.91 Å². The summed E-state index contributed by atoms with van der Waals surface area (Å²) in [6, 6.07) is -2.14. The molecule has 0 unspecified atom stereocenters. The number of carboxylic acid groups (broad SMARTS) is 3. The molecule has 1 amide bonds. The van der Waals surface area contributed by atoms with Gasteiger partial charge in [-0.15, -0.1) is 0 Å². The molecule has 0 aliphatic rings. The van der Waals surface area contributed by atoms with Gasteiger partial charge in [0, 0.05) is 6.54 Å². The van der Waals surface area contributed by atoms with E-state index >= 15 is 0 Å². The molecule has 12 N–H and O–H groups in total. The van der Waals surface area contributed by atoms with Crippen LogP contribution >= 0.6 is 0 Å². The Kier molecular flexibility index (Phi) is 22.1. The lowest BCUT2D eigenvalue weighted by Crippen LogP contribution is -2.39. The fourth-order valence-electron chi connectivity index (χ4n) is 2.19. The van der Waals surface area contributed by atoms with Gasteiger partial charge in [-0.05, 0) is 32.4 Å². The number of hydrogen-bond acceptors (Lipinski definition) is 9. The van der Waals surface area contributed by atoms with Gasteiger partial charge in [-0.1, -0.05) is 27.2 Å². The molecule has 0 aromatic rings. The summed E-state index contributed by atoms with van der Waals surface area (Å²) in [6.45, 7) is 6.32. The molecule has 0 rings (SSSR count). The molecule has 0 aromatic carbocycles. The number of hydrogen-bond donors (Lipinski definition) is 9. The Hall–Kier alpha value is -2.32. The van der Waals surface area contributed by atoms with Crippen molar-refractivity contribution in [3.63, 3.8) is 0 Å². The first kappa shape index (κ1) is 34.3. The molecule has 0 bridgehead atoms. The average Bonchev–Trinajstić information content (AvgIpc) is 2.71. The minimum atomic E-state index is -1.05. The molecular formula is C19H41N5O8. The van der Waals surface area contributed by atoms with Crippen molar-refractivity contribution in [2.24, 2.45) is 23.1 Å². The van der Waals surface area contributed by atoms with Crippen LogP contribution in [0.25, 0.3) is 0 Å². The molecule has 0 radical (unpaired) electrons. The van der Waals surface area contributed by atoms with E-state index in [1.54, 1.807) is 14.0 Å². The maximum absolute atomic E-state index is 10.5. The topological polar surface area (TPSA) is 251 Å². The zero-order valence-corrected chi connectivity index (χ0v) is 19.3. The van der Waals surface area contributed by atoms with Gasteiger partial charge in [0.05, 0.1) is 12.5 Å². The Morgan fingerprint density at radius 2 is 1.50 bits per heavy atom. The molecule has 190 valence electrons. The Labute approximate surface area is 188 Å². The van der Waals surface area contributed by atoms with Crippen LogP contribution in [-0.4, -0.2) is 88.6 Å². The van der Waals surface area contributed by atoms with Crippen LogP contribution in [0.5, 0.6) is 0 Å². The zero-order valence-electron chi connectivity index (χ0n) is 19.3. The number of likely N-dealkylation sites (N-methyl/N-ethyl adjacent to an activating group) is 2. The van der Waals surface area contributed by atoms with Gasteiger partial charge in [-0.2, -0.15) is 0 Å². The van der Waals surface area contributed by atoms with Crippen molar-refractivity contribution in [2.75, 3.05) is 20.1 Å². The second-order valence-corrected chi connectivity index (χ2v) is 7.02. The Balaban J connectivity index is -0.000000395. The number of carbonyl (C=O) groups excluding carboxylic acids is 1. The second-order valence-electron chi connectivity index (χ2n) is 7.02. The number of carboxylic acids is 3. The van der Waals surface area contributed by atoms with E-state index in [1.165, 1.54) is 0 Å². The van der Waals surface area contributed by atoms with E-state index in [2.05, 4.69) is 10.6 Å². The molecule has 13 heteroatoms. The highest BCUT2D eigenvalue weighted by atomic mass is 16.4. The van der Waals surface area contributed by atoms with Gasteiger partial charge in [0.1, 0.15) is 18.1 Å². The van der Waals surface area contributed by atoms with E-state index in [0.29, 0.717) is 13.0 Å². The average molecular weight is 468 g/mol. The highest BCUT2D eigenvalue weighted by Gasteiger charge is 2.20. The summed E-state index contributed by atoms with van der Waals surface area (Å²) >= 11 is 0. The fraction of sp³-hybridized carbons (Fsp3) is 0.789. The van der Waals surface area contributed by atoms with E-state index < -0.39 is 48.0 Å². The number of amides is 1. The summed E-state index contributed by atoms with van der Waals surface area (Å²) in [5.41, 5.74) is 15.1. The maximum atomic E-state index is 10.5. The molecule has 0 saturated heterocycles. The lowest BCUT2D eigenvalue weighted by atomic mass is 10.00. The Bertz CT molecular complexity index is 550. The van der Waals surface area contributed by atoms with Gasteiger partial charge in [-0.25, -0.2) is 0 Å². The molecule has 0 heterocycles. The monoisotopic (exact) mass is 467 g/mol. The van der Waals surface area contributed by atoms with Gasteiger partial charge in [0.15, 0.2) is 0 Å². The standard InChI is InChI=1S/C7H15NO2.C6H12N2O3.C6H14N2O3/c1-4-5(2)6(8-3)7(9)10;1-2-8-4(6(10)11)3-5(7)9;7-3-4(9)1-2-5(8)6(10)11/h5-6,8H,4H2,1-3H3,(H,9,10);4,8H,2-3H2,1H3,(H2,7,9)(H,10,11);4-5,9H,1-3,7-8H2,(H,10,11)/t5-,6-;4-;4-,5+/m001/s1. The number of carbonyl (C=O) groups is 4. The maximum Gasteiger partial charge on any atom is 0.321 e. The molecule has 5 atom stereocenters. The van der Waals surface area contributed by atoms with Gasteiger partial charge in [0.25, 0.3) is 0 Å². The van der Waals surface area contributed by atoms with Crippen LogP contribution in [0, 0.1) is 5.92 Å². The number of aliphatic hydroxyl groups is 1. The van der Waals surface area contributed by atoms with Crippen LogP contribution in [0.15, 0.2) is 0 Å². The molecule has 0 aliphatic heterocycles. The van der Waals surface area contributed by atoms with Crippen molar-refractivity contribution in [1.29, 1.82) is 0 Å². The number of aliphatic hydroxyl groups excluding tert-OH is 1. The van der Waals surface area contributed by atoms with Crippen LogP contribution in [0.3, 0.4) is 0 Å². The van der Waals surface area contributed by atoms with Crippen LogP contribution in [0.4, 0.5) is 0 Å². The van der Waals surface area contributed by atoms with E-state index in [4.69, 9.17) is 37.6 Å². The Morgan fingerprint density at radius 3 is 1.75 bits per heavy atom. The van der Waals surface area contributed by atoms with E-state index in [1.807, 2.05) is 13.8 Å². The predicted octanol–water partition coefficient (Wildman–Crippen LogP) is -1.87. The largest absolute Gasteiger partial charge is 0.480 e. The summed E-state index contributed by atoms with van der Waals surface area (Å²) in [4.78, 5) is 41.3. The zero-order chi connectivity index (χ0) is 25.9. The second kappa shape index (κ2) is 20.6. The quantitative estimate of drug-likeness (QED) is 0.136. The van der Waals surface area contributed by atoms with E-state index in [0.717, 1.165) is 6.42 Å². The van der Waals surface area contributed by atoms with Gasteiger partial charge in [-0.3, -0.25) is 19.2 Å². The van der Waals surface area contributed by atoms with E-state index in [-0.39, 0.29) is 25.3 Å². The third kappa shape index (κ3) is 19.6. The number of aliphatic carboxylic acids is 3. The first-order valence-corrected chi connectivity index (χ1v) is 10.3. The van der Waals surface area contributed by atoms with Crippen LogP contribution in [-0.2, 0) is 19.2 Å². The fourth-order valence-corrected chi connectivity index (χ4v) is 2.19. The number of nitrogens with one attached hydrogen (secondary N) is 2. The van der Waals surface area contributed by atoms with Crippen molar-refractivity contribution < 1.29 is 39.6 Å². The minimum Gasteiger partial charge on any atom is -0.480 e. The number of primary amides is 1. The summed E-state index contributed by atoms with van der Waals surface area (Å²) < 4.78 is 0. The molecular weight excluding hydrogens is 426 g/mol. The summed E-state index contributed by atoms with van der Waals surface area (Å²) in [7, 11) is 1.67. The van der Waals surface area contributed by atoms with Gasteiger partial charge < -0.3 is 48.3 Å². The summed E-state index contributed by atoms with van der Waals surface area (Å²) in [5, 5.41) is 39.7. The van der Waals surface area contributed by atoms with Crippen molar-refractivity contribution in [3.05, 3.63) is 0 Å². The predicted molar refractivity (Wildman–Crippen MR) is 119 cm³/mol. The molecule has 32 heavy (non-hydrogen) atoms. The van der Waals surface area contributed by atoms with Crippen molar-refractivity contribution in [2.45, 2.75) is 70.7 Å². The van der Waals surface area contributed by atoms with Crippen molar-refractivity contribution in [1.82, 2.24) is 10.6 Å². The van der Waals surface area contributed by atoms with E-state index in [9.17, 15) is 19.2 Å². The van der Waals surface area contributed by atoms with Crippen LogP contribution < -0.4 is 27.8 Å². The molecule has 0 spiro atoms.